The molecule has 0 atom stereocenters. The number of non-ortho nitro benzene ring substituents is 1. The Balaban J connectivity index is 1.39. The number of amides is 1. The van der Waals surface area contributed by atoms with Crippen molar-refractivity contribution in [1.82, 2.24) is 9.80 Å². The van der Waals surface area contributed by atoms with Crippen LogP contribution in [0.5, 0.6) is 0 Å². The fraction of sp³-hybridized carbons (Fsp3) is 0.417. The lowest BCUT2D eigenvalue weighted by molar-refractivity contribution is -0.384. The predicted molar refractivity (Wildman–Crippen MR) is 119 cm³/mol. The third-order valence-electron chi connectivity index (χ3n) is 5.82. The second-order valence-corrected chi connectivity index (χ2v) is 8.02. The van der Waals surface area contributed by atoms with Gasteiger partial charge < -0.3 is 4.90 Å². The zero-order chi connectivity index (χ0) is 23.1. The Bertz CT molecular complexity index is 970. The maximum atomic E-state index is 14.0. The molecular formula is C24H28FN3O4. The molecule has 32 heavy (non-hydrogen) atoms. The summed E-state index contributed by atoms with van der Waals surface area (Å²) >= 11 is 0. The van der Waals surface area contributed by atoms with E-state index in [4.69, 9.17) is 0 Å². The lowest BCUT2D eigenvalue weighted by atomic mass is 10.0. The molecule has 0 spiro atoms. The molecule has 1 fully saturated rings. The van der Waals surface area contributed by atoms with Crippen molar-refractivity contribution in [2.45, 2.75) is 39.2 Å². The molecule has 1 amide bonds. The molecule has 8 heteroatoms. The van der Waals surface area contributed by atoms with E-state index in [-0.39, 0.29) is 29.6 Å². The molecule has 0 N–H and O–H groups in total. The van der Waals surface area contributed by atoms with Crippen LogP contribution >= 0.6 is 0 Å². The Kier molecular flexibility index (Phi) is 8.05. The number of rotatable bonds is 9. The molecule has 0 saturated carbocycles. The van der Waals surface area contributed by atoms with Crippen molar-refractivity contribution in [1.29, 1.82) is 0 Å². The SMILES string of the molecule is CCc1ccc(CN2CCN(C(=O)CCCC(=O)c3ccc([N+](=O)[O-])cc3)CC2)cc1F. The zero-order valence-corrected chi connectivity index (χ0v) is 18.3. The molecule has 0 radical (unpaired) electrons. The van der Waals surface area contributed by atoms with Crippen LogP contribution < -0.4 is 0 Å². The largest absolute Gasteiger partial charge is 0.340 e. The molecule has 1 saturated heterocycles. The molecule has 2 aromatic rings. The number of halogens is 1. The van der Waals surface area contributed by atoms with Gasteiger partial charge in [0.05, 0.1) is 4.92 Å². The summed E-state index contributed by atoms with van der Waals surface area (Å²) in [6.45, 7) is 5.27. The fourth-order valence-corrected chi connectivity index (χ4v) is 3.86. The van der Waals surface area contributed by atoms with E-state index in [0.29, 0.717) is 44.5 Å². The monoisotopic (exact) mass is 441 g/mol. The van der Waals surface area contributed by atoms with Crippen molar-refractivity contribution in [2.24, 2.45) is 0 Å². The van der Waals surface area contributed by atoms with E-state index in [1.807, 2.05) is 24.0 Å². The molecule has 0 aromatic heterocycles. The summed E-state index contributed by atoms with van der Waals surface area (Å²) in [6.07, 6.45) is 1.63. The smallest absolute Gasteiger partial charge is 0.269 e. The van der Waals surface area contributed by atoms with Crippen molar-refractivity contribution in [3.63, 3.8) is 0 Å². The number of nitro benzene ring substituents is 1. The standard InChI is InChI=1S/C24H28FN3O4/c1-2-19-7-6-18(16-22(19)25)17-26-12-14-27(15-13-26)24(30)5-3-4-23(29)20-8-10-21(11-9-20)28(31)32/h6-11,16H,2-5,12-15,17H2,1H3. The van der Waals surface area contributed by atoms with Crippen LogP contribution in [0.3, 0.4) is 0 Å². The molecular weight excluding hydrogens is 413 g/mol. The minimum atomic E-state index is -0.507. The first kappa shape index (κ1) is 23.5. The number of hydrogen-bond acceptors (Lipinski definition) is 5. The van der Waals surface area contributed by atoms with Gasteiger partial charge in [0.25, 0.3) is 5.69 Å². The molecule has 2 aromatic carbocycles. The van der Waals surface area contributed by atoms with E-state index in [2.05, 4.69) is 4.90 Å². The highest BCUT2D eigenvalue weighted by molar-refractivity contribution is 5.96. The van der Waals surface area contributed by atoms with Crippen LogP contribution in [0.15, 0.2) is 42.5 Å². The van der Waals surface area contributed by atoms with Crippen molar-refractivity contribution in [2.75, 3.05) is 26.2 Å². The Hall–Kier alpha value is -3.13. The Labute approximate surface area is 187 Å². The highest BCUT2D eigenvalue weighted by atomic mass is 19.1. The number of piperazine rings is 1. The van der Waals surface area contributed by atoms with E-state index in [1.54, 1.807) is 6.07 Å². The van der Waals surface area contributed by atoms with Crippen LogP contribution in [0, 0.1) is 15.9 Å². The first-order valence-corrected chi connectivity index (χ1v) is 10.9. The number of aryl methyl sites for hydroxylation is 1. The van der Waals surface area contributed by atoms with Gasteiger partial charge in [-0.1, -0.05) is 19.1 Å². The summed E-state index contributed by atoms with van der Waals surface area (Å²) in [6, 6.07) is 10.9. The summed E-state index contributed by atoms with van der Waals surface area (Å²) in [5.41, 5.74) is 2.01. The second-order valence-electron chi connectivity index (χ2n) is 8.02. The number of ketones is 1. The lowest BCUT2D eigenvalue weighted by Crippen LogP contribution is -2.48. The van der Waals surface area contributed by atoms with E-state index < -0.39 is 4.92 Å². The van der Waals surface area contributed by atoms with E-state index in [0.717, 1.165) is 24.2 Å². The number of nitro groups is 1. The van der Waals surface area contributed by atoms with E-state index in [9.17, 15) is 24.1 Å². The number of benzene rings is 2. The summed E-state index contributed by atoms with van der Waals surface area (Å²) in [7, 11) is 0. The van der Waals surface area contributed by atoms with Gasteiger partial charge in [-0.25, -0.2) is 4.39 Å². The van der Waals surface area contributed by atoms with Crippen LogP contribution in [-0.2, 0) is 17.8 Å². The van der Waals surface area contributed by atoms with Crippen LogP contribution in [-0.4, -0.2) is 52.6 Å². The molecule has 1 aliphatic rings. The quantitative estimate of drug-likeness (QED) is 0.334. The average Bonchev–Trinajstić information content (AvgIpc) is 2.79. The number of Topliss-reactive ketones (excluding diaryl/α,β-unsaturated/α-hetero) is 1. The van der Waals surface area contributed by atoms with Crippen molar-refractivity contribution in [3.05, 3.63) is 75.1 Å². The molecule has 0 bridgehead atoms. The molecule has 0 unspecified atom stereocenters. The van der Waals surface area contributed by atoms with Crippen LogP contribution in [0.4, 0.5) is 10.1 Å². The maximum Gasteiger partial charge on any atom is 0.269 e. The van der Waals surface area contributed by atoms with Gasteiger partial charge >= 0.3 is 0 Å². The van der Waals surface area contributed by atoms with Gasteiger partial charge in [0.15, 0.2) is 5.78 Å². The van der Waals surface area contributed by atoms with Gasteiger partial charge in [-0.05, 0) is 42.2 Å². The summed E-state index contributed by atoms with van der Waals surface area (Å²) < 4.78 is 14.0. The topological polar surface area (TPSA) is 83.8 Å². The van der Waals surface area contributed by atoms with Gasteiger partial charge in [0.1, 0.15) is 5.82 Å². The summed E-state index contributed by atoms with van der Waals surface area (Å²) in [5.74, 6) is -0.263. The Morgan fingerprint density at radius 1 is 1.03 bits per heavy atom. The average molecular weight is 442 g/mol. The van der Waals surface area contributed by atoms with Gasteiger partial charge in [-0.15, -0.1) is 0 Å². The minimum Gasteiger partial charge on any atom is -0.340 e. The van der Waals surface area contributed by atoms with Gasteiger partial charge in [-0.2, -0.15) is 0 Å². The molecule has 1 heterocycles. The van der Waals surface area contributed by atoms with Gasteiger partial charge in [-0.3, -0.25) is 24.6 Å². The number of hydrogen-bond donors (Lipinski definition) is 0. The van der Waals surface area contributed by atoms with Crippen LogP contribution in [0.2, 0.25) is 0 Å². The predicted octanol–water partition coefficient (Wildman–Crippen LogP) is 3.99. The van der Waals surface area contributed by atoms with E-state index in [1.165, 1.54) is 24.3 Å². The first-order chi connectivity index (χ1) is 15.4. The number of carbonyl (C=O) groups is 2. The van der Waals surface area contributed by atoms with Crippen molar-refractivity contribution < 1.29 is 18.9 Å². The third kappa shape index (κ3) is 6.20. The van der Waals surface area contributed by atoms with Crippen LogP contribution in [0.1, 0.15) is 47.7 Å². The molecule has 170 valence electrons. The lowest BCUT2D eigenvalue weighted by Gasteiger charge is -2.35. The van der Waals surface area contributed by atoms with Crippen molar-refractivity contribution >= 4 is 17.4 Å². The first-order valence-electron chi connectivity index (χ1n) is 10.9. The maximum absolute atomic E-state index is 14.0. The van der Waals surface area contributed by atoms with Crippen molar-refractivity contribution in [3.8, 4) is 0 Å². The molecule has 1 aliphatic heterocycles. The Morgan fingerprint density at radius 2 is 1.72 bits per heavy atom. The molecule has 0 aliphatic carbocycles. The fourth-order valence-electron chi connectivity index (χ4n) is 3.86. The van der Waals surface area contributed by atoms with E-state index >= 15 is 0 Å². The van der Waals surface area contributed by atoms with Gasteiger partial charge in [0.2, 0.25) is 5.91 Å². The minimum absolute atomic E-state index is 0.0273. The highest BCUT2D eigenvalue weighted by Gasteiger charge is 2.21. The second kappa shape index (κ2) is 10.9. The van der Waals surface area contributed by atoms with Crippen LogP contribution in [0.25, 0.3) is 0 Å². The Morgan fingerprint density at radius 3 is 2.31 bits per heavy atom. The zero-order valence-electron chi connectivity index (χ0n) is 18.3. The third-order valence-corrected chi connectivity index (χ3v) is 5.82. The summed E-state index contributed by atoms with van der Waals surface area (Å²) in [5, 5.41) is 10.7. The molecule has 7 nitrogen and oxygen atoms in total. The number of nitrogens with zero attached hydrogens (tertiary/aromatic N) is 3. The van der Waals surface area contributed by atoms with Gasteiger partial charge in [0, 0.05) is 63.3 Å². The highest BCUT2D eigenvalue weighted by Crippen LogP contribution is 2.16. The number of carbonyl (C=O) groups excluding carboxylic acids is 2. The summed E-state index contributed by atoms with van der Waals surface area (Å²) in [4.78, 5) is 38.9. The normalized spacial score (nSPS) is 14.4. The molecule has 3 rings (SSSR count).